The summed E-state index contributed by atoms with van der Waals surface area (Å²) in [5.74, 6) is -0.234. The first kappa shape index (κ1) is 18.7. The van der Waals surface area contributed by atoms with Crippen LogP contribution in [0.5, 0.6) is 0 Å². The van der Waals surface area contributed by atoms with E-state index in [2.05, 4.69) is 22.9 Å². The molecule has 7 heteroatoms. The molecule has 1 aromatic rings. The largest absolute Gasteiger partial charge is 0.324 e. The third-order valence-corrected chi connectivity index (χ3v) is 3.78. The minimum Gasteiger partial charge on any atom is -0.324 e. The molecule has 3 N–H and O–H groups in total. The van der Waals surface area contributed by atoms with Gasteiger partial charge in [0.25, 0.3) is 0 Å². The summed E-state index contributed by atoms with van der Waals surface area (Å²) in [6.45, 7) is 4.34. The van der Waals surface area contributed by atoms with Gasteiger partial charge in [0.2, 0.25) is 11.8 Å². The Labute approximate surface area is 141 Å². The van der Waals surface area contributed by atoms with Gasteiger partial charge in [-0.15, -0.1) is 12.4 Å². The summed E-state index contributed by atoms with van der Waals surface area (Å²) in [6, 6.07) is 5.36. The van der Waals surface area contributed by atoms with Crippen LogP contribution in [0.4, 0.5) is 11.4 Å². The molecule has 1 aromatic carbocycles. The molecule has 1 aliphatic heterocycles. The highest BCUT2D eigenvalue weighted by Crippen LogP contribution is 2.27. The summed E-state index contributed by atoms with van der Waals surface area (Å²) in [5.41, 5.74) is 1.09. The van der Waals surface area contributed by atoms with E-state index in [0.29, 0.717) is 22.4 Å². The lowest BCUT2D eigenvalue weighted by molar-refractivity contribution is -0.121. The zero-order valence-electron chi connectivity index (χ0n) is 12.6. The van der Waals surface area contributed by atoms with E-state index in [-0.39, 0.29) is 30.1 Å². The highest BCUT2D eigenvalue weighted by atomic mass is 35.5. The predicted octanol–water partition coefficient (Wildman–Crippen LogP) is 3.05. The van der Waals surface area contributed by atoms with E-state index < -0.39 is 0 Å². The van der Waals surface area contributed by atoms with Crippen molar-refractivity contribution in [3.8, 4) is 0 Å². The topological polar surface area (TPSA) is 70.2 Å². The normalized spacial score (nSPS) is 20.7. The molecule has 0 bridgehead atoms. The molecule has 1 fully saturated rings. The molecular weight excluding hydrogens is 325 g/mol. The Balaban J connectivity index is 0.00000242. The highest BCUT2D eigenvalue weighted by Gasteiger charge is 2.25. The number of anilines is 2. The number of nitrogens with one attached hydrogen (secondary N) is 3. The average Bonchev–Trinajstić information content (AvgIpc) is 2.41. The molecule has 0 saturated carbocycles. The third-order valence-electron chi connectivity index (χ3n) is 3.54. The van der Waals surface area contributed by atoms with Crippen LogP contribution < -0.4 is 16.0 Å². The van der Waals surface area contributed by atoms with Gasteiger partial charge in [0.05, 0.1) is 11.4 Å². The Kier molecular flexibility index (Phi) is 7.13. The second-order valence-corrected chi connectivity index (χ2v) is 5.87. The van der Waals surface area contributed by atoms with Gasteiger partial charge in [0.1, 0.15) is 0 Å². The lowest BCUT2D eigenvalue weighted by atomic mass is 9.92. The minimum absolute atomic E-state index is 0. The van der Waals surface area contributed by atoms with Gasteiger partial charge in [-0.2, -0.15) is 0 Å². The Morgan fingerprint density at radius 1 is 1.27 bits per heavy atom. The molecule has 122 valence electrons. The second kappa shape index (κ2) is 8.36. The van der Waals surface area contributed by atoms with E-state index in [1.165, 1.54) is 6.92 Å². The zero-order valence-corrected chi connectivity index (χ0v) is 14.2. The monoisotopic (exact) mass is 345 g/mol. The average molecular weight is 346 g/mol. The van der Waals surface area contributed by atoms with Gasteiger partial charge in [-0.25, -0.2) is 0 Å². The van der Waals surface area contributed by atoms with Crippen LogP contribution in [0, 0.1) is 5.92 Å². The molecule has 1 saturated heterocycles. The van der Waals surface area contributed by atoms with Gasteiger partial charge >= 0.3 is 0 Å². The number of rotatable bonds is 3. The maximum atomic E-state index is 12.4. The number of benzene rings is 1. The Morgan fingerprint density at radius 2 is 2.00 bits per heavy atom. The van der Waals surface area contributed by atoms with Crippen molar-refractivity contribution in [2.45, 2.75) is 32.7 Å². The third kappa shape index (κ3) is 5.16. The fraction of sp³-hybridized carbons (Fsp3) is 0.467. The van der Waals surface area contributed by atoms with Crippen LogP contribution in [-0.2, 0) is 9.59 Å². The summed E-state index contributed by atoms with van der Waals surface area (Å²) in [7, 11) is 0. The summed E-state index contributed by atoms with van der Waals surface area (Å²) >= 11 is 5.93. The van der Waals surface area contributed by atoms with Gasteiger partial charge in [-0.1, -0.05) is 11.6 Å². The van der Waals surface area contributed by atoms with E-state index in [9.17, 15) is 9.59 Å². The number of carbonyl (C=O) groups excluding carboxylic acids is 2. The number of halogens is 2. The maximum Gasteiger partial charge on any atom is 0.227 e. The minimum atomic E-state index is -0.205. The molecular formula is C15H21Cl2N3O2. The molecule has 2 atom stereocenters. The smallest absolute Gasteiger partial charge is 0.227 e. The first-order chi connectivity index (χ1) is 9.95. The number of amides is 2. The van der Waals surface area contributed by atoms with E-state index in [1.54, 1.807) is 18.2 Å². The maximum absolute atomic E-state index is 12.4. The SMILES string of the molecule is CC(=O)Nc1cc(Cl)ccc1NC(=O)[C@H]1CCN[C@@H](C)C1.Cl. The standard InChI is InChI=1S/C15H20ClN3O2.ClH/c1-9-7-11(5-6-17-9)15(21)19-13-4-3-12(16)8-14(13)18-10(2)20;/h3-4,8-9,11,17H,5-7H2,1-2H3,(H,18,20)(H,19,21);1H/t9-,11-;/m0./s1. The van der Waals surface area contributed by atoms with Crippen molar-refractivity contribution in [2.24, 2.45) is 5.92 Å². The van der Waals surface area contributed by atoms with E-state index in [4.69, 9.17) is 11.6 Å². The van der Waals surface area contributed by atoms with E-state index >= 15 is 0 Å². The van der Waals surface area contributed by atoms with Crippen LogP contribution in [0.2, 0.25) is 5.02 Å². The van der Waals surface area contributed by atoms with Crippen LogP contribution >= 0.6 is 24.0 Å². The molecule has 2 rings (SSSR count). The Bertz CT molecular complexity index is 552. The van der Waals surface area contributed by atoms with E-state index in [0.717, 1.165) is 19.4 Å². The molecule has 5 nitrogen and oxygen atoms in total. The van der Waals surface area contributed by atoms with Gasteiger partial charge < -0.3 is 16.0 Å². The van der Waals surface area contributed by atoms with Crippen molar-refractivity contribution in [2.75, 3.05) is 17.2 Å². The zero-order chi connectivity index (χ0) is 15.4. The lowest BCUT2D eigenvalue weighted by Gasteiger charge is -2.27. The van der Waals surface area contributed by atoms with Crippen LogP contribution in [0.1, 0.15) is 26.7 Å². The molecule has 0 radical (unpaired) electrons. The first-order valence-electron chi connectivity index (χ1n) is 7.07. The molecule has 0 unspecified atom stereocenters. The van der Waals surface area contributed by atoms with Crippen LogP contribution in [-0.4, -0.2) is 24.4 Å². The molecule has 0 spiro atoms. The second-order valence-electron chi connectivity index (χ2n) is 5.44. The fourth-order valence-corrected chi connectivity index (χ4v) is 2.70. The fourth-order valence-electron chi connectivity index (χ4n) is 2.52. The van der Waals surface area contributed by atoms with Crippen molar-refractivity contribution in [1.82, 2.24) is 5.32 Å². The molecule has 1 aliphatic rings. The molecule has 1 heterocycles. The number of hydrogen-bond acceptors (Lipinski definition) is 3. The number of hydrogen-bond donors (Lipinski definition) is 3. The molecule has 22 heavy (non-hydrogen) atoms. The number of carbonyl (C=O) groups is 2. The van der Waals surface area contributed by atoms with Crippen molar-refractivity contribution in [1.29, 1.82) is 0 Å². The van der Waals surface area contributed by atoms with E-state index in [1.807, 2.05) is 0 Å². The Hall–Kier alpha value is -1.30. The summed E-state index contributed by atoms with van der Waals surface area (Å²) in [5, 5.41) is 9.40. The summed E-state index contributed by atoms with van der Waals surface area (Å²) < 4.78 is 0. The predicted molar refractivity (Wildman–Crippen MR) is 91.8 cm³/mol. The molecule has 0 aromatic heterocycles. The van der Waals surface area contributed by atoms with Crippen LogP contribution in [0.15, 0.2) is 18.2 Å². The number of piperidine rings is 1. The van der Waals surface area contributed by atoms with Crippen molar-refractivity contribution in [3.63, 3.8) is 0 Å². The Morgan fingerprint density at radius 3 is 2.64 bits per heavy atom. The van der Waals surface area contributed by atoms with Gasteiger partial charge in [0.15, 0.2) is 0 Å². The van der Waals surface area contributed by atoms with Crippen molar-refractivity contribution in [3.05, 3.63) is 23.2 Å². The summed E-state index contributed by atoms with van der Waals surface area (Å²) in [6.07, 6.45) is 1.63. The van der Waals surface area contributed by atoms with Crippen LogP contribution in [0.3, 0.4) is 0 Å². The molecule has 0 aliphatic carbocycles. The van der Waals surface area contributed by atoms with Gasteiger partial charge in [-0.3, -0.25) is 9.59 Å². The first-order valence-corrected chi connectivity index (χ1v) is 7.45. The van der Waals surface area contributed by atoms with Crippen LogP contribution in [0.25, 0.3) is 0 Å². The van der Waals surface area contributed by atoms with Crippen molar-refractivity contribution < 1.29 is 9.59 Å². The quantitative estimate of drug-likeness (QED) is 0.788. The van der Waals surface area contributed by atoms with Crippen molar-refractivity contribution >= 4 is 47.2 Å². The summed E-state index contributed by atoms with van der Waals surface area (Å²) in [4.78, 5) is 23.6. The highest BCUT2D eigenvalue weighted by molar-refractivity contribution is 6.31. The van der Waals surface area contributed by atoms with Gasteiger partial charge in [0, 0.05) is 23.9 Å². The molecule has 2 amide bonds. The van der Waals surface area contributed by atoms with Gasteiger partial charge in [-0.05, 0) is 44.5 Å². The lowest BCUT2D eigenvalue weighted by Crippen LogP contribution is -2.40.